The molecule has 4 aromatic rings. The summed E-state index contributed by atoms with van der Waals surface area (Å²) in [6, 6.07) is 8.44. The van der Waals surface area contributed by atoms with Gasteiger partial charge in [-0.05, 0) is 32.4 Å². The molecule has 0 radical (unpaired) electrons. The molecule has 7 heteroatoms. The molecule has 0 fully saturated rings. The second kappa shape index (κ2) is 6.74. The van der Waals surface area contributed by atoms with Gasteiger partial charge < -0.3 is 13.7 Å². The molecule has 0 aliphatic heterocycles. The molecule has 0 atom stereocenters. The Hall–Kier alpha value is -2.96. The summed E-state index contributed by atoms with van der Waals surface area (Å²) in [7, 11) is 0. The van der Waals surface area contributed by atoms with Crippen LogP contribution in [-0.2, 0) is 19.6 Å². The van der Waals surface area contributed by atoms with Crippen LogP contribution in [0, 0.1) is 0 Å². The summed E-state index contributed by atoms with van der Waals surface area (Å²) in [5, 5.41) is 0. The first-order valence-corrected chi connectivity index (χ1v) is 9.17. The van der Waals surface area contributed by atoms with Crippen molar-refractivity contribution < 1.29 is 0 Å². The Balaban J connectivity index is 2.05. The van der Waals surface area contributed by atoms with E-state index < -0.39 is 0 Å². The molecule has 26 heavy (non-hydrogen) atoms. The Kier molecular flexibility index (Phi) is 4.28. The molecule has 0 saturated carbocycles. The molecule has 0 amide bonds. The molecule has 1 aromatic carbocycles. The monoisotopic (exact) mass is 349 g/mol. The van der Waals surface area contributed by atoms with Gasteiger partial charge >= 0.3 is 0 Å². The van der Waals surface area contributed by atoms with Gasteiger partial charge in [0.2, 0.25) is 5.62 Å². The highest BCUT2D eigenvalue weighted by molar-refractivity contribution is 5.81. The van der Waals surface area contributed by atoms with Crippen molar-refractivity contribution >= 4 is 28.0 Å². The lowest BCUT2D eigenvalue weighted by atomic mass is 10.3. The molecule has 0 aliphatic rings. The molecule has 7 nitrogen and oxygen atoms in total. The number of nitrogens with zero attached hydrogens (tertiary/aromatic N) is 7. The minimum atomic E-state index is 0.615. The van der Waals surface area contributed by atoms with E-state index in [2.05, 4.69) is 69.1 Å². The van der Waals surface area contributed by atoms with Gasteiger partial charge in [-0.1, -0.05) is 19.1 Å². The van der Waals surface area contributed by atoms with Crippen LogP contribution in [0.3, 0.4) is 0 Å². The number of hydrogen-bond donors (Lipinski definition) is 0. The van der Waals surface area contributed by atoms with Crippen molar-refractivity contribution in [3.05, 3.63) is 42.5 Å². The highest BCUT2D eigenvalue weighted by atomic mass is 15.2. The SMILES string of the molecule is CCCn1c(=Nc2ncnc3c2ncn3CC)n(CC)c2ccccc21. The zero-order valence-electron chi connectivity index (χ0n) is 15.4. The van der Waals surface area contributed by atoms with Crippen LogP contribution in [0.5, 0.6) is 0 Å². The number of para-hydroxylation sites is 2. The van der Waals surface area contributed by atoms with E-state index in [9.17, 15) is 0 Å². The standard InChI is InChI=1S/C19H23N7/c1-4-11-26-15-10-8-7-9-14(15)25(6-3)19(26)23-17-16-18(21-12-20-17)24(5-2)13-22-16/h7-10,12-13H,4-6,11H2,1-3H3. The third kappa shape index (κ3) is 2.51. The first-order chi connectivity index (χ1) is 12.8. The van der Waals surface area contributed by atoms with Crippen LogP contribution in [0.2, 0.25) is 0 Å². The van der Waals surface area contributed by atoms with E-state index >= 15 is 0 Å². The summed E-state index contributed by atoms with van der Waals surface area (Å²) in [5.41, 5.74) is 4.85. The predicted molar refractivity (Wildman–Crippen MR) is 102 cm³/mol. The van der Waals surface area contributed by atoms with Gasteiger partial charge in [0, 0.05) is 19.6 Å². The molecule has 0 unspecified atom stereocenters. The van der Waals surface area contributed by atoms with Crippen LogP contribution >= 0.6 is 0 Å². The van der Waals surface area contributed by atoms with E-state index in [1.165, 1.54) is 11.0 Å². The van der Waals surface area contributed by atoms with Crippen LogP contribution in [0.4, 0.5) is 5.82 Å². The number of aromatic nitrogens is 6. The third-order valence-corrected chi connectivity index (χ3v) is 4.64. The predicted octanol–water partition coefficient (Wildman–Crippen LogP) is 3.26. The Morgan fingerprint density at radius 3 is 2.38 bits per heavy atom. The highest BCUT2D eigenvalue weighted by Crippen LogP contribution is 2.20. The average molecular weight is 349 g/mol. The van der Waals surface area contributed by atoms with Crippen LogP contribution < -0.4 is 5.62 Å². The van der Waals surface area contributed by atoms with E-state index in [1.54, 1.807) is 12.7 Å². The summed E-state index contributed by atoms with van der Waals surface area (Å²) < 4.78 is 6.50. The first kappa shape index (κ1) is 16.5. The van der Waals surface area contributed by atoms with Gasteiger partial charge in [-0.15, -0.1) is 0 Å². The van der Waals surface area contributed by atoms with Gasteiger partial charge in [-0.2, -0.15) is 4.99 Å². The quantitative estimate of drug-likeness (QED) is 0.555. The molecular weight excluding hydrogens is 326 g/mol. The van der Waals surface area contributed by atoms with Crippen molar-refractivity contribution in [2.24, 2.45) is 4.99 Å². The average Bonchev–Trinajstić information content (AvgIpc) is 3.22. The van der Waals surface area contributed by atoms with Gasteiger partial charge in [-0.3, -0.25) is 0 Å². The van der Waals surface area contributed by atoms with Crippen molar-refractivity contribution in [2.45, 2.75) is 46.8 Å². The summed E-state index contributed by atoms with van der Waals surface area (Å²) in [6.45, 7) is 8.96. The molecule has 4 rings (SSSR count). The van der Waals surface area contributed by atoms with Gasteiger partial charge in [0.25, 0.3) is 0 Å². The van der Waals surface area contributed by atoms with Crippen LogP contribution in [0.15, 0.2) is 41.9 Å². The minimum absolute atomic E-state index is 0.615. The normalized spacial score (nSPS) is 12.5. The maximum Gasteiger partial charge on any atom is 0.212 e. The maximum absolute atomic E-state index is 4.94. The minimum Gasteiger partial charge on any atom is -0.315 e. The number of imidazole rings is 2. The number of hydrogen-bond acceptors (Lipinski definition) is 4. The van der Waals surface area contributed by atoms with E-state index in [4.69, 9.17) is 4.99 Å². The van der Waals surface area contributed by atoms with Crippen LogP contribution in [0.25, 0.3) is 22.2 Å². The fourth-order valence-corrected chi connectivity index (χ4v) is 3.43. The fourth-order valence-electron chi connectivity index (χ4n) is 3.43. The van der Waals surface area contributed by atoms with Crippen LogP contribution in [0.1, 0.15) is 27.2 Å². The van der Waals surface area contributed by atoms with Gasteiger partial charge in [0.15, 0.2) is 17.0 Å². The Bertz CT molecular complexity index is 1130. The zero-order valence-corrected chi connectivity index (χ0v) is 15.4. The zero-order chi connectivity index (χ0) is 18.1. The van der Waals surface area contributed by atoms with E-state index in [0.29, 0.717) is 5.82 Å². The molecule has 0 saturated heterocycles. The smallest absolute Gasteiger partial charge is 0.212 e. The molecule has 134 valence electrons. The third-order valence-electron chi connectivity index (χ3n) is 4.64. The Morgan fingerprint density at radius 2 is 1.69 bits per heavy atom. The molecule has 0 N–H and O–H groups in total. The summed E-state index contributed by atoms with van der Waals surface area (Å²) in [6.07, 6.45) is 4.40. The number of benzene rings is 1. The van der Waals surface area contributed by atoms with Crippen molar-refractivity contribution in [2.75, 3.05) is 0 Å². The maximum atomic E-state index is 4.94. The van der Waals surface area contributed by atoms with E-state index in [1.807, 2.05) is 4.57 Å². The summed E-state index contributed by atoms with van der Waals surface area (Å²) in [5.74, 6) is 0.615. The molecule has 0 bridgehead atoms. The number of aryl methyl sites for hydroxylation is 3. The van der Waals surface area contributed by atoms with Crippen molar-refractivity contribution in [1.29, 1.82) is 0 Å². The van der Waals surface area contributed by atoms with Gasteiger partial charge in [-0.25, -0.2) is 15.0 Å². The van der Waals surface area contributed by atoms with Crippen molar-refractivity contribution in [3.63, 3.8) is 0 Å². The number of rotatable bonds is 5. The van der Waals surface area contributed by atoms with Crippen molar-refractivity contribution in [3.8, 4) is 0 Å². The second-order valence-corrected chi connectivity index (χ2v) is 6.20. The topological polar surface area (TPSA) is 65.8 Å². The Labute approximate surface area is 151 Å². The van der Waals surface area contributed by atoms with Crippen molar-refractivity contribution in [1.82, 2.24) is 28.7 Å². The molecule has 0 aliphatic carbocycles. The highest BCUT2D eigenvalue weighted by Gasteiger charge is 2.13. The van der Waals surface area contributed by atoms with Crippen LogP contribution in [-0.4, -0.2) is 28.7 Å². The summed E-state index contributed by atoms with van der Waals surface area (Å²) in [4.78, 5) is 18.2. The van der Waals surface area contributed by atoms with E-state index in [-0.39, 0.29) is 0 Å². The lowest BCUT2D eigenvalue weighted by molar-refractivity contribution is 0.615. The van der Waals surface area contributed by atoms with E-state index in [0.717, 1.165) is 42.8 Å². The molecular formula is C19H23N7. The molecule has 0 spiro atoms. The van der Waals surface area contributed by atoms with Gasteiger partial charge in [0.05, 0.1) is 17.4 Å². The molecule has 3 aromatic heterocycles. The second-order valence-electron chi connectivity index (χ2n) is 6.20. The lowest BCUT2D eigenvalue weighted by Gasteiger charge is -2.04. The summed E-state index contributed by atoms with van der Waals surface area (Å²) >= 11 is 0. The number of fused-ring (bicyclic) bond motifs is 2. The largest absolute Gasteiger partial charge is 0.315 e. The Morgan fingerprint density at radius 1 is 0.923 bits per heavy atom. The first-order valence-electron chi connectivity index (χ1n) is 9.17. The lowest BCUT2D eigenvalue weighted by Crippen LogP contribution is -2.25. The fraction of sp³-hybridized carbons (Fsp3) is 0.368. The van der Waals surface area contributed by atoms with Gasteiger partial charge in [0.1, 0.15) is 6.33 Å². The molecule has 3 heterocycles.